The van der Waals surface area contributed by atoms with E-state index in [4.69, 9.17) is 15.7 Å². The lowest BCUT2D eigenvalue weighted by Gasteiger charge is -2.12. The van der Waals surface area contributed by atoms with Crippen molar-refractivity contribution in [1.82, 2.24) is 0 Å². The third-order valence-corrected chi connectivity index (χ3v) is 2.64. The summed E-state index contributed by atoms with van der Waals surface area (Å²) < 4.78 is 5.54. The van der Waals surface area contributed by atoms with Crippen molar-refractivity contribution in [3.8, 4) is 11.8 Å². The normalized spacial score (nSPS) is 9.68. The van der Waals surface area contributed by atoms with Crippen LogP contribution in [0.1, 0.15) is 12.5 Å². The molecule has 4 nitrogen and oxygen atoms in total. The summed E-state index contributed by atoms with van der Waals surface area (Å²) in [6.07, 6.45) is 0. The van der Waals surface area contributed by atoms with Gasteiger partial charge in [0.1, 0.15) is 11.8 Å². The standard InChI is InChI=1S/C15H15N3O/c1-2-19-15-6-4-3-5-14(15)18-12-7-8-13(17)11(9-12)10-16/h3-9,18H,2,17H2,1H3. The molecule has 0 radical (unpaired) electrons. The maximum atomic E-state index is 8.97. The fourth-order valence-corrected chi connectivity index (χ4v) is 1.74. The van der Waals surface area contributed by atoms with Crippen molar-refractivity contribution in [2.75, 3.05) is 17.7 Å². The van der Waals surface area contributed by atoms with E-state index in [0.29, 0.717) is 17.9 Å². The molecule has 0 unspecified atom stereocenters. The van der Waals surface area contributed by atoms with Crippen LogP contribution in [-0.2, 0) is 0 Å². The topological polar surface area (TPSA) is 71.1 Å². The molecule has 0 fully saturated rings. The molecule has 0 aliphatic carbocycles. The average Bonchev–Trinajstić information content (AvgIpc) is 2.43. The fourth-order valence-electron chi connectivity index (χ4n) is 1.74. The van der Waals surface area contributed by atoms with Crippen LogP contribution >= 0.6 is 0 Å². The Hall–Kier alpha value is -2.67. The van der Waals surface area contributed by atoms with Crippen molar-refractivity contribution in [3.05, 3.63) is 48.0 Å². The van der Waals surface area contributed by atoms with Gasteiger partial charge in [-0.2, -0.15) is 5.26 Å². The smallest absolute Gasteiger partial charge is 0.142 e. The number of nitrogens with two attached hydrogens (primary N) is 1. The van der Waals surface area contributed by atoms with E-state index < -0.39 is 0 Å². The molecule has 3 N–H and O–H groups in total. The molecule has 0 aliphatic heterocycles. The van der Waals surface area contributed by atoms with Crippen molar-refractivity contribution in [2.24, 2.45) is 0 Å². The summed E-state index contributed by atoms with van der Waals surface area (Å²) in [5.74, 6) is 0.778. The van der Waals surface area contributed by atoms with Gasteiger partial charge in [-0.1, -0.05) is 12.1 Å². The molecule has 2 rings (SSSR count). The van der Waals surface area contributed by atoms with Crippen LogP contribution in [-0.4, -0.2) is 6.61 Å². The van der Waals surface area contributed by atoms with Crippen LogP contribution in [0.25, 0.3) is 0 Å². The van der Waals surface area contributed by atoms with E-state index in [9.17, 15) is 0 Å². The lowest BCUT2D eigenvalue weighted by Crippen LogP contribution is -1.98. The highest BCUT2D eigenvalue weighted by Crippen LogP contribution is 2.28. The maximum Gasteiger partial charge on any atom is 0.142 e. The molecule has 96 valence electrons. The number of para-hydroxylation sites is 2. The minimum atomic E-state index is 0.457. The van der Waals surface area contributed by atoms with Crippen molar-refractivity contribution in [1.29, 1.82) is 5.26 Å². The highest BCUT2D eigenvalue weighted by atomic mass is 16.5. The van der Waals surface area contributed by atoms with Crippen LogP contribution in [0.4, 0.5) is 17.1 Å². The van der Waals surface area contributed by atoms with Gasteiger partial charge >= 0.3 is 0 Å². The summed E-state index contributed by atoms with van der Waals surface area (Å²) >= 11 is 0. The maximum absolute atomic E-state index is 8.97. The number of nitrogen functional groups attached to an aromatic ring is 1. The minimum Gasteiger partial charge on any atom is -0.492 e. The Kier molecular flexibility index (Phi) is 3.89. The monoisotopic (exact) mass is 253 g/mol. The van der Waals surface area contributed by atoms with E-state index in [2.05, 4.69) is 11.4 Å². The van der Waals surface area contributed by atoms with Crippen LogP contribution < -0.4 is 15.8 Å². The number of hydrogen-bond acceptors (Lipinski definition) is 4. The highest BCUT2D eigenvalue weighted by Gasteiger charge is 2.04. The van der Waals surface area contributed by atoms with Gasteiger partial charge in [0.05, 0.1) is 17.9 Å². The van der Waals surface area contributed by atoms with E-state index in [1.54, 1.807) is 12.1 Å². The zero-order valence-corrected chi connectivity index (χ0v) is 10.7. The molecule has 0 saturated heterocycles. The zero-order chi connectivity index (χ0) is 13.7. The van der Waals surface area contributed by atoms with Gasteiger partial charge in [0.2, 0.25) is 0 Å². The van der Waals surface area contributed by atoms with Crippen LogP contribution in [0, 0.1) is 11.3 Å². The second kappa shape index (κ2) is 5.78. The first-order valence-electron chi connectivity index (χ1n) is 6.03. The van der Waals surface area contributed by atoms with Crippen molar-refractivity contribution < 1.29 is 4.74 Å². The zero-order valence-electron chi connectivity index (χ0n) is 10.7. The van der Waals surface area contributed by atoms with Gasteiger partial charge in [-0.05, 0) is 37.3 Å². The number of benzene rings is 2. The van der Waals surface area contributed by atoms with Crippen LogP contribution in [0.5, 0.6) is 5.75 Å². The third-order valence-electron chi connectivity index (χ3n) is 2.64. The van der Waals surface area contributed by atoms with Gasteiger partial charge in [0.15, 0.2) is 0 Å². The van der Waals surface area contributed by atoms with Gasteiger partial charge in [-0.3, -0.25) is 0 Å². The molecule has 2 aromatic carbocycles. The molecule has 0 spiro atoms. The van der Waals surface area contributed by atoms with E-state index in [1.807, 2.05) is 37.3 Å². The molecule has 0 aliphatic rings. The molecule has 4 heteroatoms. The minimum absolute atomic E-state index is 0.457. The molecule has 0 amide bonds. The summed E-state index contributed by atoms with van der Waals surface area (Å²) in [7, 11) is 0. The molecule has 0 aromatic heterocycles. The number of rotatable bonds is 4. The predicted octanol–water partition coefficient (Wildman–Crippen LogP) is 3.28. The van der Waals surface area contributed by atoms with Gasteiger partial charge in [-0.25, -0.2) is 0 Å². The predicted molar refractivity (Wildman–Crippen MR) is 76.5 cm³/mol. The lowest BCUT2D eigenvalue weighted by molar-refractivity contribution is 0.342. The number of nitrogens with zero attached hydrogens (tertiary/aromatic N) is 1. The van der Waals surface area contributed by atoms with E-state index >= 15 is 0 Å². The first-order valence-corrected chi connectivity index (χ1v) is 6.03. The molecule has 2 aromatic rings. The third kappa shape index (κ3) is 2.96. The van der Waals surface area contributed by atoms with Crippen LogP contribution in [0.3, 0.4) is 0 Å². The number of nitrogens with one attached hydrogen (secondary N) is 1. The Morgan fingerprint density at radius 1 is 1.26 bits per heavy atom. The molecule has 19 heavy (non-hydrogen) atoms. The summed E-state index contributed by atoms with van der Waals surface area (Å²) in [5.41, 5.74) is 8.29. The summed E-state index contributed by atoms with van der Waals surface area (Å²) in [5, 5.41) is 12.2. The van der Waals surface area contributed by atoms with Gasteiger partial charge in [0.25, 0.3) is 0 Å². The fraction of sp³-hybridized carbons (Fsp3) is 0.133. The molecule has 0 heterocycles. The highest BCUT2D eigenvalue weighted by molar-refractivity contribution is 5.70. The van der Waals surface area contributed by atoms with E-state index in [-0.39, 0.29) is 0 Å². The molecular formula is C15H15N3O. The van der Waals surface area contributed by atoms with Gasteiger partial charge in [0, 0.05) is 11.4 Å². The number of nitriles is 1. The van der Waals surface area contributed by atoms with Crippen molar-refractivity contribution in [2.45, 2.75) is 6.92 Å². The SMILES string of the molecule is CCOc1ccccc1Nc1ccc(N)c(C#N)c1. The van der Waals surface area contributed by atoms with Crippen LogP contribution in [0.2, 0.25) is 0 Å². The Bertz CT molecular complexity index is 617. The van der Waals surface area contributed by atoms with Gasteiger partial charge < -0.3 is 15.8 Å². The molecular weight excluding hydrogens is 238 g/mol. The van der Waals surface area contributed by atoms with Crippen LogP contribution in [0.15, 0.2) is 42.5 Å². The second-order valence-corrected chi connectivity index (χ2v) is 3.97. The number of ether oxygens (including phenoxy) is 1. The lowest BCUT2D eigenvalue weighted by atomic mass is 10.1. The van der Waals surface area contributed by atoms with E-state index in [1.165, 1.54) is 0 Å². The Balaban J connectivity index is 2.29. The van der Waals surface area contributed by atoms with Crippen molar-refractivity contribution >= 4 is 17.1 Å². The Morgan fingerprint density at radius 2 is 2.05 bits per heavy atom. The number of hydrogen-bond donors (Lipinski definition) is 2. The molecule has 0 bridgehead atoms. The summed E-state index contributed by atoms with van der Waals surface area (Å²) in [4.78, 5) is 0. The molecule has 0 saturated carbocycles. The quantitative estimate of drug-likeness (QED) is 0.820. The summed E-state index contributed by atoms with van der Waals surface area (Å²) in [6, 6.07) is 15.0. The van der Waals surface area contributed by atoms with Crippen molar-refractivity contribution in [3.63, 3.8) is 0 Å². The molecule has 0 atom stereocenters. The van der Waals surface area contributed by atoms with E-state index in [0.717, 1.165) is 17.1 Å². The largest absolute Gasteiger partial charge is 0.492 e. The number of anilines is 3. The first-order chi connectivity index (χ1) is 9.24. The Labute approximate surface area is 112 Å². The average molecular weight is 253 g/mol. The summed E-state index contributed by atoms with van der Waals surface area (Å²) in [6.45, 7) is 2.54. The first kappa shape index (κ1) is 12.8. The van der Waals surface area contributed by atoms with Gasteiger partial charge in [-0.15, -0.1) is 0 Å². The second-order valence-electron chi connectivity index (χ2n) is 3.97. The Morgan fingerprint density at radius 3 is 2.79 bits per heavy atom.